The van der Waals surface area contributed by atoms with Gasteiger partial charge in [0, 0.05) is 39.3 Å². The first kappa shape index (κ1) is 23.4. The summed E-state index contributed by atoms with van der Waals surface area (Å²) in [6.07, 6.45) is 1.66. The van der Waals surface area contributed by atoms with Crippen molar-refractivity contribution < 1.29 is 9.59 Å². The van der Waals surface area contributed by atoms with Gasteiger partial charge >= 0.3 is 0 Å². The summed E-state index contributed by atoms with van der Waals surface area (Å²) < 4.78 is 0. The topological polar surface area (TPSA) is 78.7 Å². The average molecular weight is 355 g/mol. The third-order valence-electron chi connectivity index (χ3n) is 3.56. The van der Waals surface area contributed by atoms with Gasteiger partial charge in [0.05, 0.1) is 12.0 Å². The van der Waals surface area contributed by atoms with Gasteiger partial charge in [0.2, 0.25) is 11.8 Å². The van der Waals surface area contributed by atoms with E-state index < -0.39 is 5.41 Å². The fourth-order valence-corrected chi connectivity index (χ4v) is 2.07. The van der Waals surface area contributed by atoms with E-state index >= 15 is 0 Å². The summed E-state index contributed by atoms with van der Waals surface area (Å²) in [6.45, 7) is 11.2. The molecule has 0 spiro atoms. The molecule has 0 aromatic rings. The van der Waals surface area contributed by atoms with Gasteiger partial charge in [-0.15, -0.1) is 31.4 Å². The fourth-order valence-electron chi connectivity index (χ4n) is 2.07. The van der Waals surface area contributed by atoms with Crippen LogP contribution >= 0.6 is 24.8 Å². The lowest BCUT2D eigenvalue weighted by Crippen LogP contribution is -2.54. The van der Waals surface area contributed by atoms with Crippen molar-refractivity contribution >= 4 is 36.6 Å². The number of amides is 2. The van der Waals surface area contributed by atoms with Crippen LogP contribution in [0.15, 0.2) is 12.7 Å². The van der Waals surface area contributed by atoms with E-state index in [9.17, 15) is 9.59 Å². The highest BCUT2D eigenvalue weighted by Gasteiger charge is 2.32. The molecule has 0 aliphatic carbocycles. The number of piperazine rings is 1. The van der Waals surface area contributed by atoms with Crippen LogP contribution in [0.4, 0.5) is 0 Å². The number of nitrogens with zero attached hydrogens (tertiary/aromatic N) is 2. The highest BCUT2D eigenvalue weighted by atomic mass is 35.5. The Morgan fingerprint density at radius 1 is 1.23 bits per heavy atom. The second kappa shape index (κ2) is 10.8. The molecule has 0 bridgehead atoms. The zero-order valence-electron chi connectivity index (χ0n) is 13.3. The van der Waals surface area contributed by atoms with E-state index in [0.29, 0.717) is 45.8 Å². The Labute approximate surface area is 145 Å². The van der Waals surface area contributed by atoms with E-state index in [1.54, 1.807) is 6.08 Å². The molecule has 1 heterocycles. The summed E-state index contributed by atoms with van der Waals surface area (Å²) in [6, 6.07) is 0. The highest BCUT2D eigenvalue weighted by molar-refractivity contribution is 5.85. The zero-order valence-corrected chi connectivity index (χ0v) is 15.0. The molecule has 130 valence electrons. The molecule has 2 amide bonds. The minimum Gasteiger partial charge on any atom is -0.352 e. The quantitative estimate of drug-likeness (QED) is 0.670. The Bertz CT molecular complexity index is 370. The molecule has 1 aliphatic heterocycles. The molecule has 0 atom stereocenters. The molecular weight excluding hydrogens is 327 g/mol. The van der Waals surface area contributed by atoms with E-state index in [0.717, 1.165) is 0 Å². The van der Waals surface area contributed by atoms with Crippen LogP contribution in [0.5, 0.6) is 0 Å². The molecule has 1 fully saturated rings. The summed E-state index contributed by atoms with van der Waals surface area (Å²) in [5, 5.41) is 2.75. The van der Waals surface area contributed by atoms with Crippen molar-refractivity contribution in [1.82, 2.24) is 15.1 Å². The maximum absolute atomic E-state index is 12.3. The largest absolute Gasteiger partial charge is 0.352 e. The number of carbonyl (C=O) groups excluding carboxylic acids is 2. The van der Waals surface area contributed by atoms with Crippen molar-refractivity contribution in [3.05, 3.63) is 12.7 Å². The molecule has 0 radical (unpaired) electrons. The predicted octanol–water partition coefficient (Wildman–Crippen LogP) is 0.261. The maximum Gasteiger partial charge on any atom is 0.234 e. The normalized spacial score (nSPS) is 15.3. The molecule has 6 nitrogen and oxygen atoms in total. The average Bonchev–Trinajstić information content (AvgIpc) is 2.45. The van der Waals surface area contributed by atoms with Crippen LogP contribution in [0, 0.1) is 5.41 Å². The summed E-state index contributed by atoms with van der Waals surface area (Å²) in [5.74, 6) is 0.0859. The summed E-state index contributed by atoms with van der Waals surface area (Å²) in [5.41, 5.74) is 5.12. The van der Waals surface area contributed by atoms with Gasteiger partial charge in [-0.05, 0) is 13.8 Å². The lowest BCUT2D eigenvalue weighted by molar-refractivity contribution is -0.141. The van der Waals surface area contributed by atoms with Crippen LogP contribution in [0.3, 0.4) is 0 Å². The summed E-state index contributed by atoms with van der Waals surface area (Å²) in [4.78, 5) is 27.7. The summed E-state index contributed by atoms with van der Waals surface area (Å²) in [7, 11) is 0. The van der Waals surface area contributed by atoms with Crippen molar-refractivity contribution in [1.29, 1.82) is 0 Å². The van der Waals surface area contributed by atoms with Crippen molar-refractivity contribution in [2.45, 2.75) is 13.8 Å². The van der Waals surface area contributed by atoms with E-state index in [-0.39, 0.29) is 36.6 Å². The van der Waals surface area contributed by atoms with E-state index in [1.165, 1.54) is 0 Å². The molecule has 0 saturated carbocycles. The number of halogens is 2. The molecule has 3 N–H and O–H groups in total. The number of rotatable bonds is 6. The number of hydrogen-bond acceptors (Lipinski definition) is 4. The Kier molecular flexibility index (Phi) is 11.5. The second-order valence-electron chi connectivity index (χ2n) is 5.75. The Balaban J connectivity index is 0. The van der Waals surface area contributed by atoms with Crippen molar-refractivity contribution in [3.8, 4) is 0 Å². The minimum atomic E-state index is -0.510. The van der Waals surface area contributed by atoms with Gasteiger partial charge in [-0.3, -0.25) is 14.5 Å². The molecule has 1 saturated heterocycles. The van der Waals surface area contributed by atoms with E-state index in [4.69, 9.17) is 5.73 Å². The van der Waals surface area contributed by atoms with Crippen LogP contribution in [-0.4, -0.2) is 67.4 Å². The molecule has 0 unspecified atom stereocenters. The Morgan fingerprint density at radius 3 is 2.23 bits per heavy atom. The number of nitrogens with two attached hydrogens (primary N) is 1. The molecule has 22 heavy (non-hydrogen) atoms. The third-order valence-corrected chi connectivity index (χ3v) is 3.56. The van der Waals surface area contributed by atoms with Crippen LogP contribution in [0.1, 0.15) is 13.8 Å². The molecular formula is C14H28Cl2N4O2. The summed E-state index contributed by atoms with van der Waals surface area (Å²) >= 11 is 0. The van der Waals surface area contributed by atoms with Gasteiger partial charge in [0.25, 0.3) is 0 Å². The molecule has 1 aliphatic rings. The zero-order chi connectivity index (χ0) is 15.2. The fraction of sp³-hybridized carbons (Fsp3) is 0.714. The van der Waals surface area contributed by atoms with Gasteiger partial charge in [-0.25, -0.2) is 0 Å². The lowest BCUT2D eigenvalue weighted by Gasteiger charge is -2.38. The van der Waals surface area contributed by atoms with Crippen molar-refractivity contribution in [3.63, 3.8) is 0 Å². The SMILES string of the molecule is C=CCNC(=O)CN1CCN(C(=O)C(C)(C)CN)CC1.Cl.Cl. The first-order valence-corrected chi connectivity index (χ1v) is 7.00. The standard InChI is InChI=1S/C14H26N4O2.2ClH/c1-4-5-16-12(19)10-17-6-8-18(9-7-17)13(20)14(2,3)11-15;;/h4H,1,5-11,15H2,2-3H3,(H,16,19);2*1H. The number of carbonyl (C=O) groups is 2. The monoisotopic (exact) mass is 354 g/mol. The minimum absolute atomic E-state index is 0. The van der Waals surface area contributed by atoms with Crippen LogP contribution < -0.4 is 11.1 Å². The second-order valence-corrected chi connectivity index (χ2v) is 5.75. The van der Waals surface area contributed by atoms with E-state index in [1.807, 2.05) is 18.7 Å². The lowest BCUT2D eigenvalue weighted by atomic mass is 9.91. The third kappa shape index (κ3) is 6.96. The van der Waals surface area contributed by atoms with Gasteiger partial charge in [0.15, 0.2) is 0 Å². The highest BCUT2D eigenvalue weighted by Crippen LogP contribution is 2.18. The Morgan fingerprint density at radius 2 is 1.77 bits per heavy atom. The number of hydrogen-bond donors (Lipinski definition) is 2. The first-order chi connectivity index (χ1) is 9.40. The van der Waals surface area contributed by atoms with Crippen LogP contribution in [0.25, 0.3) is 0 Å². The Hall–Kier alpha value is -0.820. The van der Waals surface area contributed by atoms with Gasteiger partial charge in [-0.2, -0.15) is 0 Å². The molecule has 0 aromatic heterocycles. The molecule has 8 heteroatoms. The van der Waals surface area contributed by atoms with Crippen molar-refractivity contribution in [2.24, 2.45) is 11.1 Å². The van der Waals surface area contributed by atoms with E-state index in [2.05, 4.69) is 16.8 Å². The molecule has 0 aromatic carbocycles. The van der Waals surface area contributed by atoms with Gasteiger partial charge in [0.1, 0.15) is 0 Å². The van der Waals surface area contributed by atoms with Gasteiger partial charge in [-0.1, -0.05) is 6.08 Å². The smallest absolute Gasteiger partial charge is 0.234 e. The van der Waals surface area contributed by atoms with Crippen LogP contribution in [0.2, 0.25) is 0 Å². The van der Waals surface area contributed by atoms with Gasteiger partial charge < -0.3 is 16.0 Å². The predicted molar refractivity (Wildman–Crippen MR) is 93.6 cm³/mol. The van der Waals surface area contributed by atoms with Crippen LogP contribution in [-0.2, 0) is 9.59 Å². The molecule has 1 rings (SSSR count). The maximum atomic E-state index is 12.3. The first-order valence-electron chi connectivity index (χ1n) is 7.00. The van der Waals surface area contributed by atoms with Crippen molar-refractivity contribution in [2.75, 3.05) is 45.8 Å². The number of nitrogens with one attached hydrogen (secondary N) is 1.